The van der Waals surface area contributed by atoms with Crippen LogP contribution in [0.1, 0.15) is 393 Å². The van der Waals surface area contributed by atoms with Crippen molar-refractivity contribution in [2.24, 2.45) is 0 Å². The average molecular weight is 1110 g/mol. The SMILES string of the molecule is CCCCC/C=C\C/C=C\CCCCCCCC(=O)OCC(COC(=O)CCCCCCCCCCCCCCCCCCCCCCCCCCC)OC(=O)CCCCCCCCCCC/C=C\CCCCCCCCCC. The molecule has 0 fully saturated rings. The Bertz CT molecular complexity index is 1320. The number of carbonyl (C=O) groups is 3. The van der Waals surface area contributed by atoms with Gasteiger partial charge in [-0.25, -0.2) is 0 Å². The summed E-state index contributed by atoms with van der Waals surface area (Å²) in [4.78, 5) is 38.4. The van der Waals surface area contributed by atoms with Crippen molar-refractivity contribution in [2.75, 3.05) is 13.2 Å². The molecule has 464 valence electrons. The summed E-state index contributed by atoms with van der Waals surface area (Å²) in [6.07, 6.45) is 84.6. The van der Waals surface area contributed by atoms with Crippen LogP contribution >= 0.6 is 0 Å². The lowest BCUT2D eigenvalue weighted by Gasteiger charge is -2.18. The molecule has 0 spiro atoms. The summed E-state index contributed by atoms with van der Waals surface area (Å²) in [5, 5.41) is 0. The van der Waals surface area contributed by atoms with Gasteiger partial charge in [0, 0.05) is 19.3 Å². The topological polar surface area (TPSA) is 78.9 Å². The van der Waals surface area contributed by atoms with Gasteiger partial charge in [0.25, 0.3) is 0 Å². The van der Waals surface area contributed by atoms with Gasteiger partial charge < -0.3 is 14.2 Å². The highest BCUT2D eigenvalue weighted by molar-refractivity contribution is 5.71. The van der Waals surface area contributed by atoms with Gasteiger partial charge in [-0.3, -0.25) is 14.4 Å². The molecule has 0 aliphatic rings. The van der Waals surface area contributed by atoms with Crippen LogP contribution in [0.4, 0.5) is 0 Å². The second kappa shape index (κ2) is 68.1. The lowest BCUT2D eigenvalue weighted by Crippen LogP contribution is -2.30. The molecule has 0 bridgehead atoms. The van der Waals surface area contributed by atoms with E-state index in [2.05, 4.69) is 57.2 Å². The molecule has 0 aliphatic heterocycles. The molecule has 0 heterocycles. The number of unbranched alkanes of at least 4 members (excludes halogenated alkanes) is 49. The zero-order valence-electron chi connectivity index (χ0n) is 53.4. The second-order valence-electron chi connectivity index (χ2n) is 24.1. The van der Waals surface area contributed by atoms with Gasteiger partial charge in [-0.05, 0) is 77.0 Å². The van der Waals surface area contributed by atoms with E-state index in [1.807, 2.05) is 0 Å². The van der Waals surface area contributed by atoms with E-state index in [9.17, 15) is 14.4 Å². The number of allylic oxidation sites excluding steroid dienone is 6. The van der Waals surface area contributed by atoms with Crippen LogP contribution in [-0.2, 0) is 28.6 Å². The van der Waals surface area contributed by atoms with Gasteiger partial charge in [-0.2, -0.15) is 0 Å². The smallest absolute Gasteiger partial charge is 0.306 e. The van der Waals surface area contributed by atoms with Gasteiger partial charge in [0.05, 0.1) is 0 Å². The van der Waals surface area contributed by atoms with E-state index in [-0.39, 0.29) is 31.1 Å². The lowest BCUT2D eigenvalue weighted by molar-refractivity contribution is -0.167. The lowest BCUT2D eigenvalue weighted by atomic mass is 10.0. The third-order valence-electron chi connectivity index (χ3n) is 16.1. The van der Waals surface area contributed by atoms with E-state index < -0.39 is 6.10 Å². The van der Waals surface area contributed by atoms with Crippen LogP contribution in [-0.4, -0.2) is 37.2 Å². The number of hydrogen-bond donors (Lipinski definition) is 0. The van der Waals surface area contributed by atoms with Crippen molar-refractivity contribution in [3.05, 3.63) is 36.5 Å². The van der Waals surface area contributed by atoms with Gasteiger partial charge >= 0.3 is 17.9 Å². The highest BCUT2D eigenvalue weighted by atomic mass is 16.6. The van der Waals surface area contributed by atoms with E-state index in [0.717, 1.165) is 77.0 Å². The number of rotatable bonds is 66. The molecule has 79 heavy (non-hydrogen) atoms. The van der Waals surface area contributed by atoms with Gasteiger partial charge in [0.15, 0.2) is 6.10 Å². The van der Waals surface area contributed by atoms with Crippen molar-refractivity contribution in [1.29, 1.82) is 0 Å². The molecule has 0 saturated carbocycles. The standard InChI is InChI=1S/C73H136O6/c1-4-7-10-13-16-19-22-25-28-30-32-34-35-36-37-39-40-42-45-48-51-54-57-60-63-66-72(75)78-69-70(68-77-71(74)65-62-59-56-53-50-47-44-27-24-21-18-15-12-9-6-3)79-73(76)67-64-61-58-55-52-49-46-43-41-38-33-31-29-26-23-20-17-14-11-8-5-2/h18,21,27,31,33,44,70H,4-17,19-20,22-26,28-30,32,34-43,45-69H2,1-3H3/b21-18-,33-31-,44-27-. The minimum atomic E-state index is -0.778. The third-order valence-corrected chi connectivity index (χ3v) is 16.1. The molecule has 1 unspecified atom stereocenters. The summed E-state index contributed by atoms with van der Waals surface area (Å²) in [5.74, 6) is -0.861. The molecular weight excluding hydrogens is 973 g/mol. The van der Waals surface area contributed by atoms with Crippen LogP contribution in [0.2, 0.25) is 0 Å². The Labute approximate surface area is 493 Å². The van der Waals surface area contributed by atoms with Crippen molar-refractivity contribution in [3.63, 3.8) is 0 Å². The molecule has 0 radical (unpaired) electrons. The maximum Gasteiger partial charge on any atom is 0.306 e. The highest BCUT2D eigenvalue weighted by Gasteiger charge is 2.19. The zero-order valence-corrected chi connectivity index (χ0v) is 53.4. The Kier molecular flexibility index (Phi) is 66.1. The van der Waals surface area contributed by atoms with Crippen LogP contribution in [0.5, 0.6) is 0 Å². The first-order chi connectivity index (χ1) is 39.0. The third kappa shape index (κ3) is 66.3. The fraction of sp³-hybridized carbons (Fsp3) is 0.877. The van der Waals surface area contributed by atoms with Gasteiger partial charge in [-0.15, -0.1) is 0 Å². The normalized spacial score (nSPS) is 12.2. The van der Waals surface area contributed by atoms with Crippen LogP contribution in [0.3, 0.4) is 0 Å². The molecule has 0 saturated heterocycles. The van der Waals surface area contributed by atoms with E-state index in [1.54, 1.807) is 0 Å². The van der Waals surface area contributed by atoms with Gasteiger partial charge in [0.1, 0.15) is 13.2 Å². The molecule has 0 aromatic rings. The summed E-state index contributed by atoms with van der Waals surface area (Å²) < 4.78 is 17.0. The first-order valence-electron chi connectivity index (χ1n) is 35.5. The van der Waals surface area contributed by atoms with Crippen molar-refractivity contribution in [3.8, 4) is 0 Å². The van der Waals surface area contributed by atoms with Crippen molar-refractivity contribution in [2.45, 2.75) is 399 Å². The summed E-state index contributed by atoms with van der Waals surface area (Å²) in [6, 6.07) is 0. The molecule has 0 aromatic heterocycles. The quantitative estimate of drug-likeness (QED) is 0.0261. The number of ether oxygens (including phenoxy) is 3. The Morgan fingerprint density at radius 3 is 0.734 bits per heavy atom. The van der Waals surface area contributed by atoms with Crippen molar-refractivity contribution in [1.82, 2.24) is 0 Å². The van der Waals surface area contributed by atoms with Crippen molar-refractivity contribution < 1.29 is 28.6 Å². The average Bonchev–Trinajstić information content (AvgIpc) is 3.45. The van der Waals surface area contributed by atoms with Crippen LogP contribution in [0.25, 0.3) is 0 Å². The maximum absolute atomic E-state index is 13.0. The maximum atomic E-state index is 13.0. The second-order valence-corrected chi connectivity index (χ2v) is 24.1. The molecule has 6 heteroatoms. The largest absolute Gasteiger partial charge is 0.462 e. The first-order valence-corrected chi connectivity index (χ1v) is 35.5. The number of esters is 3. The monoisotopic (exact) mass is 1110 g/mol. The molecule has 0 aromatic carbocycles. The molecule has 0 aliphatic carbocycles. The van der Waals surface area contributed by atoms with E-state index in [0.29, 0.717) is 19.3 Å². The van der Waals surface area contributed by atoms with Crippen LogP contribution in [0.15, 0.2) is 36.5 Å². The van der Waals surface area contributed by atoms with Gasteiger partial charge in [-0.1, -0.05) is 333 Å². The van der Waals surface area contributed by atoms with Crippen LogP contribution in [0, 0.1) is 0 Å². The summed E-state index contributed by atoms with van der Waals surface area (Å²) in [6.45, 7) is 6.68. The molecule has 6 nitrogen and oxygen atoms in total. The predicted molar refractivity (Wildman–Crippen MR) is 344 cm³/mol. The molecule has 1 atom stereocenters. The number of carbonyl (C=O) groups excluding carboxylic acids is 3. The Balaban J connectivity index is 4.27. The highest BCUT2D eigenvalue weighted by Crippen LogP contribution is 2.18. The van der Waals surface area contributed by atoms with E-state index in [1.165, 1.54) is 276 Å². The zero-order chi connectivity index (χ0) is 57.1. The van der Waals surface area contributed by atoms with E-state index >= 15 is 0 Å². The number of hydrogen-bond acceptors (Lipinski definition) is 6. The molecule has 0 rings (SSSR count). The Morgan fingerprint density at radius 1 is 0.253 bits per heavy atom. The summed E-state index contributed by atoms with van der Waals surface area (Å²) in [5.41, 5.74) is 0. The Hall–Kier alpha value is -2.37. The first kappa shape index (κ1) is 76.6. The van der Waals surface area contributed by atoms with Crippen molar-refractivity contribution >= 4 is 17.9 Å². The van der Waals surface area contributed by atoms with Gasteiger partial charge in [0.2, 0.25) is 0 Å². The molecule has 0 amide bonds. The summed E-state index contributed by atoms with van der Waals surface area (Å²) >= 11 is 0. The molecule has 0 N–H and O–H groups in total. The summed E-state index contributed by atoms with van der Waals surface area (Å²) in [7, 11) is 0. The van der Waals surface area contributed by atoms with E-state index in [4.69, 9.17) is 14.2 Å². The fourth-order valence-corrected chi connectivity index (χ4v) is 10.8. The minimum absolute atomic E-state index is 0.0728. The fourth-order valence-electron chi connectivity index (χ4n) is 10.8. The Morgan fingerprint density at radius 2 is 0.456 bits per heavy atom. The minimum Gasteiger partial charge on any atom is -0.462 e. The predicted octanol–water partition coefficient (Wildman–Crippen LogP) is 24.3. The van der Waals surface area contributed by atoms with Crippen LogP contribution < -0.4 is 0 Å². The molecular formula is C73H136O6.